The number of rotatable bonds is 6. The lowest BCUT2D eigenvalue weighted by Crippen LogP contribution is -2.23. The Morgan fingerprint density at radius 3 is 2.40 bits per heavy atom. The molecule has 0 radical (unpaired) electrons. The molecule has 0 saturated heterocycles. The summed E-state index contributed by atoms with van der Waals surface area (Å²) in [6.45, 7) is 0.314. The van der Waals surface area contributed by atoms with Gasteiger partial charge >= 0.3 is 0 Å². The number of hydrogen-bond donors (Lipinski definition) is 1. The van der Waals surface area contributed by atoms with Crippen molar-refractivity contribution < 1.29 is 18.7 Å². The number of ether oxygens (including phenoxy) is 2. The Hall–Kier alpha value is -3.87. The first-order valence-corrected chi connectivity index (χ1v) is 9.32. The zero-order valence-electron chi connectivity index (χ0n) is 16.6. The molecular weight excluding hydrogens is 385 g/mol. The van der Waals surface area contributed by atoms with E-state index in [0.29, 0.717) is 34.7 Å². The molecule has 1 aromatic heterocycles. The van der Waals surface area contributed by atoms with Crippen molar-refractivity contribution in [3.05, 3.63) is 83.8 Å². The van der Waals surface area contributed by atoms with Crippen LogP contribution in [-0.4, -0.2) is 29.9 Å². The van der Waals surface area contributed by atoms with Gasteiger partial charge in [-0.05, 0) is 54.1 Å². The van der Waals surface area contributed by atoms with Crippen molar-refractivity contribution in [3.63, 3.8) is 0 Å². The molecular formula is C23H20FN3O3. The number of amides is 1. The summed E-state index contributed by atoms with van der Waals surface area (Å²) in [6, 6.07) is 16.9. The zero-order chi connectivity index (χ0) is 21.1. The number of hydrogen-bond acceptors (Lipinski definition) is 4. The molecule has 0 fully saturated rings. The van der Waals surface area contributed by atoms with Gasteiger partial charge in [-0.25, -0.2) is 9.07 Å². The Morgan fingerprint density at radius 2 is 1.73 bits per heavy atom. The SMILES string of the molecule is COc1cc(CNC(=O)c2cccc3c2cnn3-c2ccc(F)cc2)cc(OC)c1. The van der Waals surface area contributed by atoms with Crippen LogP contribution in [0, 0.1) is 5.82 Å². The lowest BCUT2D eigenvalue weighted by atomic mass is 10.1. The Bertz CT molecular complexity index is 1180. The fourth-order valence-electron chi connectivity index (χ4n) is 3.28. The van der Waals surface area contributed by atoms with E-state index >= 15 is 0 Å². The quantitative estimate of drug-likeness (QED) is 0.524. The zero-order valence-corrected chi connectivity index (χ0v) is 16.6. The van der Waals surface area contributed by atoms with Crippen LogP contribution in [0.4, 0.5) is 4.39 Å². The van der Waals surface area contributed by atoms with E-state index in [2.05, 4.69) is 10.4 Å². The van der Waals surface area contributed by atoms with E-state index in [1.54, 1.807) is 55.4 Å². The number of fused-ring (bicyclic) bond motifs is 1. The predicted molar refractivity (Wildman–Crippen MR) is 112 cm³/mol. The largest absolute Gasteiger partial charge is 0.497 e. The van der Waals surface area contributed by atoms with Crippen molar-refractivity contribution in [2.75, 3.05) is 14.2 Å². The van der Waals surface area contributed by atoms with Crippen molar-refractivity contribution in [1.82, 2.24) is 15.1 Å². The monoisotopic (exact) mass is 405 g/mol. The third-order valence-corrected chi connectivity index (χ3v) is 4.79. The molecule has 152 valence electrons. The molecule has 0 saturated carbocycles. The number of halogens is 1. The van der Waals surface area contributed by atoms with Gasteiger partial charge in [-0.3, -0.25) is 4.79 Å². The van der Waals surface area contributed by atoms with E-state index in [-0.39, 0.29) is 11.7 Å². The second kappa shape index (κ2) is 8.24. The molecule has 1 heterocycles. The molecule has 3 aromatic carbocycles. The number of carbonyl (C=O) groups excluding carboxylic acids is 1. The Balaban J connectivity index is 1.59. The summed E-state index contributed by atoms with van der Waals surface area (Å²) in [5.41, 5.74) is 2.84. The van der Waals surface area contributed by atoms with Gasteiger partial charge in [0.15, 0.2) is 0 Å². The van der Waals surface area contributed by atoms with E-state index in [9.17, 15) is 9.18 Å². The molecule has 7 heteroatoms. The summed E-state index contributed by atoms with van der Waals surface area (Å²) in [4.78, 5) is 12.9. The van der Waals surface area contributed by atoms with Crippen LogP contribution in [0.2, 0.25) is 0 Å². The molecule has 0 aliphatic heterocycles. The maximum atomic E-state index is 13.2. The summed E-state index contributed by atoms with van der Waals surface area (Å²) < 4.78 is 25.5. The van der Waals surface area contributed by atoms with Crippen LogP contribution in [0.5, 0.6) is 11.5 Å². The molecule has 1 N–H and O–H groups in total. The Labute approximate surface area is 172 Å². The highest BCUT2D eigenvalue weighted by molar-refractivity contribution is 6.06. The molecule has 4 aromatic rings. The van der Waals surface area contributed by atoms with Crippen LogP contribution >= 0.6 is 0 Å². The summed E-state index contributed by atoms with van der Waals surface area (Å²) in [5.74, 6) is 0.771. The van der Waals surface area contributed by atoms with Crippen molar-refractivity contribution in [3.8, 4) is 17.2 Å². The third-order valence-electron chi connectivity index (χ3n) is 4.79. The van der Waals surface area contributed by atoms with Crippen molar-refractivity contribution in [2.24, 2.45) is 0 Å². The molecule has 0 spiro atoms. The Kier molecular flexibility index (Phi) is 5.34. The van der Waals surface area contributed by atoms with Crippen molar-refractivity contribution in [2.45, 2.75) is 6.54 Å². The van der Waals surface area contributed by atoms with Gasteiger partial charge in [0.2, 0.25) is 0 Å². The fourth-order valence-corrected chi connectivity index (χ4v) is 3.28. The number of nitrogens with one attached hydrogen (secondary N) is 1. The van der Waals surface area contributed by atoms with E-state index in [1.807, 2.05) is 18.2 Å². The number of nitrogens with zero attached hydrogens (tertiary/aromatic N) is 2. The van der Waals surface area contributed by atoms with Crippen LogP contribution < -0.4 is 14.8 Å². The summed E-state index contributed by atoms with van der Waals surface area (Å²) in [6.07, 6.45) is 1.64. The lowest BCUT2D eigenvalue weighted by Gasteiger charge is -2.10. The smallest absolute Gasteiger partial charge is 0.252 e. The van der Waals surface area contributed by atoms with E-state index in [1.165, 1.54) is 12.1 Å². The summed E-state index contributed by atoms with van der Waals surface area (Å²) in [7, 11) is 3.16. The molecule has 1 amide bonds. The second-order valence-corrected chi connectivity index (χ2v) is 6.67. The average Bonchev–Trinajstić information content (AvgIpc) is 3.22. The molecule has 0 aliphatic carbocycles. The fraction of sp³-hybridized carbons (Fsp3) is 0.130. The van der Waals surface area contributed by atoms with E-state index in [4.69, 9.17) is 9.47 Å². The predicted octanol–water partition coefficient (Wildman–Crippen LogP) is 4.11. The second-order valence-electron chi connectivity index (χ2n) is 6.67. The minimum atomic E-state index is -0.315. The minimum Gasteiger partial charge on any atom is -0.497 e. The van der Waals surface area contributed by atoms with Crippen LogP contribution in [0.15, 0.2) is 66.9 Å². The van der Waals surface area contributed by atoms with Crippen molar-refractivity contribution in [1.29, 1.82) is 0 Å². The number of aromatic nitrogens is 2. The van der Waals surface area contributed by atoms with Gasteiger partial charge in [0.05, 0.1) is 37.2 Å². The van der Waals surface area contributed by atoms with Gasteiger partial charge in [-0.2, -0.15) is 5.10 Å². The molecule has 4 rings (SSSR count). The highest BCUT2D eigenvalue weighted by atomic mass is 19.1. The van der Waals surface area contributed by atoms with Crippen molar-refractivity contribution >= 4 is 16.8 Å². The summed E-state index contributed by atoms with van der Waals surface area (Å²) >= 11 is 0. The van der Waals surface area contributed by atoms with E-state index in [0.717, 1.165) is 11.1 Å². The van der Waals surface area contributed by atoms with Gasteiger partial charge < -0.3 is 14.8 Å². The third kappa shape index (κ3) is 3.82. The number of methoxy groups -OCH3 is 2. The maximum absolute atomic E-state index is 13.2. The van der Waals surface area contributed by atoms with Gasteiger partial charge in [-0.1, -0.05) is 6.07 Å². The maximum Gasteiger partial charge on any atom is 0.252 e. The molecule has 6 nitrogen and oxygen atoms in total. The van der Waals surface area contributed by atoms with Crippen LogP contribution in [0.1, 0.15) is 15.9 Å². The minimum absolute atomic E-state index is 0.221. The molecule has 0 unspecified atom stereocenters. The van der Waals surface area contributed by atoms with Crippen LogP contribution in [-0.2, 0) is 6.54 Å². The first-order valence-electron chi connectivity index (χ1n) is 9.32. The van der Waals surface area contributed by atoms with Gasteiger partial charge in [0, 0.05) is 18.0 Å². The molecule has 0 bridgehead atoms. The van der Waals surface area contributed by atoms with Gasteiger partial charge in [-0.15, -0.1) is 0 Å². The summed E-state index contributed by atoms with van der Waals surface area (Å²) in [5, 5.41) is 8.02. The Morgan fingerprint density at radius 1 is 1.03 bits per heavy atom. The van der Waals surface area contributed by atoms with E-state index < -0.39 is 0 Å². The van der Waals surface area contributed by atoms with Crippen LogP contribution in [0.3, 0.4) is 0 Å². The average molecular weight is 405 g/mol. The topological polar surface area (TPSA) is 65.4 Å². The molecule has 30 heavy (non-hydrogen) atoms. The normalized spacial score (nSPS) is 10.8. The standard InChI is InChI=1S/C23H20FN3O3/c1-29-18-10-15(11-19(12-18)30-2)13-25-23(28)20-4-3-5-22-21(20)14-26-27(22)17-8-6-16(24)7-9-17/h3-12,14H,13H2,1-2H3,(H,25,28). The van der Waals surface area contributed by atoms with Gasteiger partial charge in [0.25, 0.3) is 5.91 Å². The first-order chi connectivity index (χ1) is 14.6. The van der Waals surface area contributed by atoms with Gasteiger partial charge in [0.1, 0.15) is 17.3 Å². The highest BCUT2D eigenvalue weighted by Gasteiger charge is 2.14. The molecule has 0 atom stereocenters. The molecule has 0 aliphatic rings. The first kappa shape index (κ1) is 19.4. The lowest BCUT2D eigenvalue weighted by molar-refractivity contribution is 0.0952. The van der Waals surface area contributed by atoms with Crippen LogP contribution in [0.25, 0.3) is 16.6 Å². The number of carbonyl (C=O) groups is 1. The highest BCUT2D eigenvalue weighted by Crippen LogP contribution is 2.24. The number of benzene rings is 3.